The number of amides is 3. The van der Waals surface area contributed by atoms with Crippen molar-refractivity contribution in [2.75, 3.05) is 26.7 Å². The predicted molar refractivity (Wildman–Crippen MR) is 128 cm³/mol. The van der Waals surface area contributed by atoms with Crippen molar-refractivity contribution in [2.45, 2.75) is 38.1 Å². The maximum atomic E-state index is 13.0. The van der Waals surface area contributed by atoms with E-state index in [9.17, 15) is 24.6 Å². The van der Waals surface area contributed by atoms with Crippen molar-refractivity contribution in [3.8, 4) is 11.5 Å². The molecule has 0 aromatic heterocycles. The summed E-state index contributed by atoms with van der Waals surface area (Å²) in [6.07, 6.45) is 6.64. The largest absolute Gasteiger partial charge is 0.507 e. The zero-order valence-corrected chi connectivity index (χ0v) is 20.5. The Hall–Kier alpha value is -3.57. The van der Waals surface area contributed by atoms with Crippen LogP contribution in [0, 0.1) is 0 Å². The lowest BCUT2D eigenvalue weighted by molar-refractivity contribution is -0.125. The van der Waals surface area contributed by atoms with Gasteiger partial charge in [-0.2, -0.15) is 0 Å². The quantitative estimate of drug-likeness (QED) is 0.203. The molecule has 2 saturated heterocycles. The fourth-order valence-electron chi connectivity index (χ4n) is 4.00. The van der Waals surface area contributed by atoms with Crippen molar-refractivity contribution >= 4 is 35.2 Å². The molecule has 3 atom stereocenters. The third kappa shape index (κ3) is 5.63. The van der Waals surface area contributed by atoms with E-state index in [1.807, 2.05) is 6.08 Å². The van der Waals surface area contributed by atoms with E-state index in [-0.39, 0.29) is 66.1 Å². The average Bonchev–Trinajstić information content (AvgIpc) is 3.49. The second-order valence-electron chi connectivity index (χ2n) is 8.69. The molecule has 3 amide bonds. The number of likely N-dealkylation sites (N-methyl/N-ethyl adjacent to an activating group) is 1. The number of hydrogen-bond donors (Lipinski definition) is 2. The summed E-state index contributed by atoms with van der Waals surface area (Å²) in [7, 11) is 1.53. The predicted octanol–water partition coefficient (Wildman–Crippen LogP) is 2.39. The van der Waals surface area contributed by atoms with Crippen molar-refractivity contribution < 1.29 is 38.9 Å². The fraction of sp³-hybridized carbons (Fsp3) is 0.417. The summed E-state index contributed by atoms with van der Waals surface area (Å²) in [4.78, 5) is 44.6. The molecule has 0 saturated carbocycles. The molecule has 1 aromatic rings. The molecule has 4 rings (SSSR count). The van der Waals surface area contributed by atoms with E-state index in [1.54, 1.807) is 25.2 Å². The van der Waals surface area contributed by atoms with Crippen LogP contribution in [0.4, 0.5) is 4.79 Å². The van der Waals surface area contributed by atoms with E-state index in [1.165, 1.54) is 11.9 Å². The first-order valence-corrected chi connectivity index (χ1v) is 11.7. The van der Waals surface area contributed by atoms with Crippen LogP contribution in [0.15, 0.2) is 35.5 Å². The van der Waals surface area contributed by atoms with E-state index in [0.29, 0.717) is 6.42 Å². The summed E-state index contributed by atoms with van der Waals surface area (Å²) in [6, 6.07) is 0.558. The normalized spacial score (nSPS) is 27.2. The Labute approximate surface area is 212 Å². The second-order valence-corrected chi connectivity index (χ2v) is 9.07. The third-order valence-corrected chi connectivity index (χ3v) is 6.32. The number of esters is 1. The third-order valence-electron chi connectivity index (χ3n) is 5.90. The molecule has 3 aliphatic rings. The molecule has 0 spiro atoms. The Bertz CT molecular complexity index is 1160. The van der Waals surface area contributed by atoms with Gasteiger partial charge in [-0.05, 0) is 18.6 Å². The summed E-state index contributed by atoms with van der Waals surface area (Å²) < 4.78 is 11.1. The number of phenols is 2. The van der Waals surface area contributed by atoms with Crippen molar-refractivity contribution in [3.05, 3.63) is 46.5 Å². The molecular formula is C24H26ClN3O8. The highest BCUT2D eigenvalue weighted by Gasteiger charge is 2.38. The Balaban J connectivity index is 1.60. The molecule has 2 N–H and O–H groups in total. The number of phenolic OH excluding ortho intramolecular Hbond substituents is 2. The summed E-state index contributed by atoms with van der Waals surface area (Å²) >= 11 is 6.32. The lowest BCUT2D eigenvalue weighted by Crippen LogP contribution is -2.34. The van der Waals surface area contributed by atoms with Gasteiger partial charge < -0.3 is 29.4 Å². The van der Waals surface area contributed by atoms with Crippen molar-refractivity contribution in [3.63, 3.8) is 0 Å². The molecule has 3 heterocycles. The van der Waals surface area contributed by atoms with Crippen LogP contribution in [0.1, 0.15) is 29.3 Å². The topological polar surface area (TPSA) is 142 Å². The number of urea groups is 1. The van der Waals surface area contributed by atoms with Gasteiger partial charge in [-0.1, -0.05) is 35.0 Å². The minimum Gasteiger partial charge on any atom is -0.507 e. The zero-order valence-electron chi connectivity index (χ0n) is 19.7. The zero-order chi connectivity index (χ0) is 26.0. The Kier molecular flexibility index (Phi) is 7.51. The number of rotatable bonds is 4. The smallest absolute Gasteiger partial charge is 0.342 e. The lowest BCUT2D eigenvalue weighted by atomic mass is 9.99. The molecule has 3 aliphatic heterocycles. The Morgan fingerprint density at radius 1 is 1.22 bits per heavy atom. The van der Waals surface area contributed by atoms with E-state index in [2.05, 4.69) is 5.16 Å². The second kappa shape index (κ2) is 10.6. The first kappa shape index (κ1) is 25.5. The maximum Gasteiger partial charge on any atom is 0.342 e. The standard InChI is InChI=1S/C24H26ClN3O8/c1-13-9-19-18(36-19)6-4-3-5-14(26-34-8-7-28-20(31)12-27(2)24(28)33)10-15-21(23(32)35-13)16(29)11-17(30)22(15)25/h3-6,11,13,18-19,29-30H,7-10,12H2,1-2H3/b5-3+,6-4-,26-14+. The number of hydrogen-bond acceptors (Lipinski definition) is 9. The van der Waals surface area contributed by atoms with Crippen LogP contribution in [-0.2, 0) is 25.5 Å². The molecule has 0 aliphatic carbocycles. The van der Waals surface area contributed by atoms with Gasteiger partial charge in [0.25, 0.3) is 0 Å². The van der Waals surface area contributed by atoms with Crippen LogP contribution in [0.25, 0.3) is 0 Å². The van der Waals surface area contributed by atoms with Gasteiger partial charge in [-0.25, -0.2) is 9.59 Å². The number of nitrogens with zero attached hydrogens (tertiary/aromatic N) is 3. The number of benzene rings is 1. The maximum absolute atomic E-state index is 13.0. The van der Waals surface area contributed by atoms with Gasteiger partial charge in [-0.3, -0.25) is 9.69 Å². The molecule has 0 radical (unpaired) electrons. The number of aromatic hydroxyl groups is 2. The fourth-order valence-corrected chi connectivity index (χ4v) is 4.22. The number of imide groups is 1. The van der Waals surface area contributed by atoms with Crippen LogP contribution < -0.4 is 0 Å². The first-order valence-electron chi connectivity index (χ1n) is 11.3. The SMILES string of the molecule is CC1CC2OC2\C=C/C=C/C(=N\OCCN2C(=O)CN(C)C2=O)Cc2c(Cl)c(O)cc(O)c2C(=O)O1. The number of carbonyl (C=O) groups is 3. The van der Waals surface area contributed by atoms with Crippen molar-refractivity contribution in [1.29, 1.82) is 0 Å². The monoisotopic (exact) mass is 519 g/mol. The molecule has 0 bridgehead atoms. The molecule has 11 nitrogen and oxygen atoms in total. The summed E-state index contributed by atoms with van der Waals surface area (Å²) in [5.74, 6) is -2.04. The number of cyclic esters (lactones) is 1. The van der Waals surface area contributed by atoms with Gasteiger partial charge in [0.15, 0.2) is 0 Å². The van der Waals surface area contributed by atoms with Gasteiger partial charge in [0.05, 0.1) is 23.4 Å². The van der Waals surface area contributed by atoms with Gasteiger partial charge in [0.1, 0.15) is 42.4 Å². The molecule has 1 aromatic carbocycles. The molecule has 3 unspecified atom stereocenters. The number of epoxide rings is 1. The lowest BCUT2D eigenvalue weighted by Gasteiger charge is -2.17. The van der Waals surface area contributed by atoms with Crippen LogP contribution in [0.2, 0.25) is 5.02 Å². The molecule has 12 heteroatoms. The highest BCUT2D eigenvalue weighted by atomic mass is 35.5. The molecule has 192 valence electrons. The summed E-state index contributed by atoms with van der Waals surface area (Å²) in [5, 5.41) is 24.6. The number of ether oxygens (including phenoxy) is 2. The van der Waals surface area contributed by atoms with Crippen LogP contribution in [-0.4, -0.2) is 88.7 Å². The number of fused-ring (bicyclic) bond motifs is 2. The van der Waals surface area contributed by atoms with Crippen molar-refractivity contribution in [2.24, 2.45) is 5.16 Å². The average molecular weight is 520 g/mol. The Morgan fingerprint density at radius 2 is 2.00 bits per heavy atom. The van der Waals surface area contributed by atoms with Gasteiger partial charge in [-0.15, -0.1) is 0 Å². The van der Waals surface area contributed by atoms with E-state index in [4.69, 9.17) is 25.9 Å². The van der Waals surface area contributed by atoms with E-state index in [0.717, 1.165) is 11.0 Å². The molecule has 36 heavy (non-hydrogen) atoms. The minimum atomic E-state index is -0.805. The number of carbonyl (C=O) groups excluding carboxylic acids is 3. The van der Waals surface area contributed by atoms with Crippen molar-refractivity contribution in [1.82, 2.24) is 9.80 Å². The number of oxime groups is 1. The van der Waals surface area contributed by atoms with E-state index >= 15 is 0 Å². The molecule has 2 fully saturated rings. The number of allylic oxidation sites excluding steroid dienone is 3. The van der Waals surface area contributed by atoms with Gasteiger partial charge in [0.2, 0.25) is 5.91 Å². The van der Waals surface area contributed by atoms with Crippen LogP contribution >= 0.6 is 11.6 Å². The van der Waals surface area contributed by atoms with Gasteiger partial charge >= 0.3 is 12.0 Å². The minimum absolute atomic E-state index is 0.00494. The molecular weight excluding hydrogens is 494 g/mol. The van der Waals surface area contributed by atoms with Crippen LogP contribution in [0.3, 0.4) is 0 Å². The van der Waals surface area contributed by atoms with Gasteiger partial charge in [0, 0.05) is 26.0 Å². The highest BCUT2D eigenvalue weighted by molar-refractivity contribution is 6.33. The highest BCUT2D eigenvalue weighted by Crippen LogP contribution is 2.38. The summed E-state index contributed by atoms with van der Waals surface area (Å²) in [5.41, 5.74) is 0.199. The summed E-state index contributed by atoms with van der Waals surface area (Å²) in [6.45, 7) is 1.66. The number of halogens is 1. The van der Waals surface area contributed by atoms with E-state index < -0.39 is 29.6 Å². The van der Waals surface area contributed by atoms with Crippen LogP contribution in [0.5, 0.6) is 11.5 Å². The Morgan fingerprint density at radius 3 is 2.72 bits per heavy atom. The first-order chi connectivity index (χ1) is 17.2.